The Hall–Kier alpha value is -2.84. The molecule has 168 valence electrons. The molecule has 0 N–H and O–H groups in total. The quantitative estimate of drug-likeness (QED) is 0.512. The summed E-state index contributed by atoms with van der Waals surface area (Å²) in [5.74, 6) is 1.62. The second-order valence-corrected chi connectivity index (χ2v) is 9.04. The molecule has 2 heterocycles. The fourth-order valence-electron chi connectivity index (χ4n) is 3.86. The van der Waals surface area contributed by atoms with Crippen LogP contribution in [0.3, 0.4) is 0 Å². The molecule has 1 atom stereocenters. The Bertz CT molecular complexity index is 1050. The molecule has 1 fully saturated rings. The van der Waals surface area contributed by atoms with Crippen LogP contribution < -0.4 is 4.74 Å². The number of piperazine rings is 1. The molecule has 0 spiro atoms. The highest BCUT2D eigenvalue weighted by Crippen LogP contribution is 2.32. The number of hydrogen-bond acceptors (Lipinski definition) is 6. The van der Waals surface area contributed by atoms with E-state index in [1.54, 1.807) is 7.11 Å². The van der Waals surface area contributed by atoms with Gasteiger partial charge in [-0.1, -0.05) is 49.0 Å². The first-order valence-electron chi connectivity index (χ1n) is 10.9. The molecular weight excluding hydrogens is 422 g/mol. The smallest absolute Gasteiger partial charge is 0.235 e. The molecule has 3 aromatic rings. The first-order valence-corrected chi connectivity index (χ1v) is 11.8. The van der Waals surface area contributed by atoms with Gasteiger partial charge in [-0.3, -0.25) is 9.36 Å². The van der Waals surface area contributed by atoms with Gasteiger partial charge in [-0.25, -0.2) is 0 Å². The Labute approximate surface area is 193 Å². The summed E-state index contributed by atoms with van der Waals surface area (Å²) in [4.78, 5) is 17.5. The fraction of sp³-hybridized carbons (Fsp3) is 0.375. The van der Waals surface area contributed by atoms with Gasteiger partial charge in [0.05, 0.1) is 12.4 Å². The summed E-state index contributed by atoms with van der Waals surface area (Å²) in [6.07, 6.45) is 0. The molecule has 32 heavy (non-hydrogen) atoms. The van der Waals surface area contributed by atoms with Crippen molar-refractivity contribution in [2.24, 2.45) is 0 Å². The zero-order valence-electron chi connectivity index (χ0n) is 18.8. The molecule has 4 rings (SSSR count). The molecule has 0 aliphatic carbocycles. The van der Waals surface area contributed by atoms with Crippen molar-refractivity contribution < 1.29 is 9.53 Å². The predicted molar refractivity (Wildman–Crippen MR) is 127 cm³/mol. The number of thioether (sulfide) groups is 1. The van der Waals surface area contributed by atoms with E-state index in [0.717, 1.165) is 49.7 Å². The van der Waals surface area contributed by atoms with Crippen molar-refractivity contribution in [3.63, 3.8) is 0 Å². The molecule has 1 aliphatic rings. The number of rotatable bonds is 7. The lowest BCUT2D eigenvalue weighted by molar-refractivity contribution is -0.132. The van der Waals surface area contributed by atoms with E-state index >= 15 is 0 Å². The number of carbonyl (C=O) groups is 1. The van der Waals surface area contributed by atoms with Crippen LogP contribution in [0.1, 0.15) is 13.8 Å². The summed E-state index contributed by atoms with van der Waals surface area (Å²) in [5, 5.41) is 9.40. The minimum absolute atomic E-state index is 0.149. The molecule has 0 bridgehead atoms. The van der Waals surface area contributed by atoms with E-state index in [9.17, 15) is 4.79 Å². The molecular formula is C24H29N5O2S. The number of carbonyl (C=O) groups excluding carboxylic acids is 1. The normalized spacial score (nSPS) is 15.5. The third-order valence-electron chi connectivity index (χ3n) is 5.74. The lowest BCUT2D eigenvalue weighted by atomic mass is 10.2. The Morgan fingerprint density at radius 1 is 1.06 bits per heavy atom. The van der Waals surface area contributed by atoms with Crippen LogP contribution in [0.25, 0.3) is 17.1 Å². The minimum atomic E-state index is -0.256. The van der Waals surface area contributed by atoms with Crippen LogP contribution in [-0.4, -0.2) is 75.6 Å². The average molecular weight is 452 g/mol. The monoisotopic (exact) mass is 451 g/mol. The van der Waals surface area contributed by atoms with E-state index in [1.807, 2.05) is 71.0 Å². The Morgan fingerprint density at radius 2 is 1.81 bits per heavy atom. The predicted octanol–water partition coefficient (Wildman–Crippen LogP) is 3.59. The maximum Gasteiger partial charge on any atom is 0.235 e. The molecule has 0 saturated carbocycles. The van der Waals surface area contributed by atoms with Crippen molar-refractivity contribution in [3.8, 4) is 22.8 Å². The number of methoxy groups -OCH3 is 1. The van der Waals surface area contributed by atoms with E-state index in [0.29, 0.717) is 11.0 Å². The largest absolute Gasteiger partial charge is 0.497 e. The van der Waals surface area contributed by atoms with Gasteiger partial charge >= 0.3 is 0 Å². The van der Waals surface area contributed by atoms with Crippen LogP contribution in [0, 0.1) is 0 Å². The second-order valence-electron chi connectivity index (χ2n) is 7.73. The molecule has 7 nitrogen and oxygen atoms in total. The van der Waals surface area contributed by atoms with E-state index in [2.05, 4.69) is 22.0 Å². The number of para-hydroxylation sites is 1. The van der Waals surface area contributed by atoms with Crippen molar-refractivity contribution in [2.75, 3.05) is 39.8 Å². The van der Waals surface area contributed by atoms with Crippen molar-refractivity contribution in [3.05, 3.63) is 54.6 Å². The summed E-state index contributed by atoms with van der Waals surface area (Å²) in [7, 11) is 1.65. The molecule has 1 aromatic heterocycles. The molecule has 1 unspecified atom stereocenters. The minimum Gasteiger partial charge on any atom is -0.497 e. The molecule has 8 heteroatoms. The first-order chi connectivity index (χ1) is 15.6. The summed E-state index contributed by atoms with van der Waals surface area (Å²) >= 11 is 1.45. The summed E-state index contributed by atoms with van der Waals surface area (Å²) in [6, 6.07) is 17.8. The summed E-state index contributed by atoms with van der Waals surface area (Å²) in [5.41, 5.74) is 1.86. The number of likely N-dealkylation sites (N-methyl/N-ethyl adjacent to an activating group) is 1. The van der Waals surface area contributed by atoms with Gasteiger partial charge in [0.25, 0.3) is 0 Å². The highest BCUT2D eigenvalue weighted by molar-refractivity contribution is 8.00. The van der Waals surface area contributed by atoms with Gasteiger partial charge in [-0.05, 0) is 37.7 Å². The maximum atomic E-state index is 13.1. The number of ether oxygens (including phenoxy) is 1. The number of benzene rings is 2. The van der Waals surface area contributed by atoms with Gasteiger partial charge in [-0.2, -0.15) is 0 Å². The van der Waals surface area contributed by atoms with Crippen LogP contribution >= 0.6 is 11.8 Å². The van der Waals surface area contributed by atoms with Crippen molar-refractivity contribution >= 4 is 17.7 Å². The van der Waals surface area contributed by atoms with Crippen molar-refractivity contribution in [1.29, 1.82) is 0 Å². The third-order valence-corrected chi connectivity index (χ3v) is 6.77. The Morgan fingerprint density at radius 3 is 2.50 bits per heavy atom. The van der Waals surface area contributed by atoms with Gasteiger partial charge in [0, 0.05) is 37.4 Å². The SMILES string of the molecule is CCN1CCN(C(=O)C(C)Sc2nnc(-c3cccc(OC)c3)n2-c2ccccc2)CC1. The molecule has 0 radical (unpaired) electrons. The number of hydrogen-bond donors (Lipinski definition) is 0. The van der Waals surface area contributed by atoms with E-state index in [-0.39, 0.29) is 11.2 Å². The van der Waals surface area contributed by atoms with E-state index in [4.69, 9.17) is 4.74 Å². The molecule has 1 saturated heterocycles. The summed E-state index contributed by atoms with van der Waals surface area (Å²) in [6.45, 7) is 8.55. The van der Waals surface area contributed by atoms with Crippen molar-refractivity contribution in [2.45, 2.75) is 24.3 Å². The van der Waals surface area contributed by atoms with Gasteiger partial charge in [-0.15, -0.1) is 10.2 Å². The maximum absolute atomic E-state index is 13.1. The molecule has 2 aromatic carbocycles. The number of aromatic nitrogens is 3. The molecule has 1 aliphatic heterocycles. The summed E-state index contributed by atoms with van der Waals surface area (Å²) < 4.78 is 7.40. The topological polar surface area (TPSA) is 63.5 Å². The average Bonchev–Trinajstić information content (AvgIpc) is 3.27. The van der Waals surface area contributed by atoms with E-state index < -0.39 is 0 Å². The van der Waals surface area contributed by atoms with Gasteiger partial charge in [0.15, 0.2) is 11.0 Å². The third kappa shape index (κ3) is 4.81. The van der Waals surface area contributed by atoms with Crippen LogP contribution in [0.15, 0.2) is 59.8 Å². The van der Waals surface area contributed by atoms with Crippen LogP contribution in [0.4, 0.5) is 0 Å². The highest BCUT2D eigenvalue weighted by Gasteiger charge is 2.27. The van der Waals surface area contributed by atoms with Gasteiger partial charge in [0.2, 0.25) is 5.91 Å². The van der Waals surface area contributed by atoms with Gasteiger partial charge < -0.3 is 14.5 Å². The fourth-order valence-corrected chi connectivity index (χ4v) is 4.81. The lowest BCUT2D eigenvalue weighted by Gasteiger charge is -2.35. The van der Waals surface area contributed by atoms with Gasteiger partial charge in [0.1, 0.15) is 5.75 Å². The lowest BCUT2D eigenvalue weighted by Crippen LogP contribution is -2.50. The van der Waals surface area contributed by atoms with Crippen LogP contribution in [0.2, 0.25) is 0 Å². The number of nitrogens with zero attached hydrogens (tertiary/aromatic N) is 5. The molecule has 1 amide bonds. The Kier molecular flexibility index (Phi) is 7.12. The van der Waals surface area contributed by atoms with Crippen molar-refractivity contribution in [1.82, 2.24) is 24.6 Å². The van der Waals surface area contributed by atoms with Crippen LogP contribution in [-0.2, 0) is 4.79 Å². The zero-order chi connectivity index (χ0) is 22.5. The second kappa shape index (κ2) is 10.2. The first kappa shape index (κ1) is 22.4. The Balaban J connectivity index is 1.61. The van der Waals surface area contributed by atoms with E-state index in [1.165, 1.54) is 11.8 Å². The highest BCUT2D eigenvalue weighted by atomic mass is 32.2. The number of amides is 1. The van der Waals surface area contributed by atoms with Crippen LogP contribution in [0.5, 0.6) is 5.75 Å². The zero-order valence-corrected chi connectivity index (χ0v) is 19.6. The standard InChI is InChI=1S/C24H29N5O2S/c1-4-27-13-15-28(16-14-27)23(30)18(2)32-24-26-25-22(19-9-8-12-21(17-19)31-3)29(24)20-10-6-5-7-11-20/h5-12,17-18H,4,13-16H2,1-3H3.